The maximum absolute atomic E-state index is 11.3. The summed E-state index contributed by atoms with van der Waals surface area (Å²) in [7, 11) is 1.67. The largest absolute Gasteiger partial charge is 0.383 e. The molecule has 0 amide bonds. The Morgan fingerprint density at radius 1 is 1.39 bits per heavy atom. The average Bonchev–Trinajstić information content (AvgIpc) is 2.75. The standard InChI is InChI=1S/C10H16N6O2/c1-18-7-6-11-4-5-12-8-2-3-9-13-14-10(17)16(9)15-8/h2-3,11H,4-7H2,1H3,(H,12,15)(H,14,17). The van der Waals surface area contributed by atoms with Crippen LogP contribution < -0.4 is 16.3 Å². The molecule has 0 aliphatic rings. The van der Waals surface area contributed by atoms with Gasteiger partial charge in [0.1, 0.15) is 5.82 Å². The Bertz CT molecular complexity index is 549. The first-order valence-electron chi connectivity index (χ1n) is 5.69. The molecule has 0 radical (unpaired) electrons. The van der Waals surface area contributed by atoms with Crippen molar-refractivity contribution in [2.45, 2.75) is 0 Å². The molecule has 0 fully saturated rings. The molecule has 0 aromatic carbocycles. The van der Waals surface area contributed by atoms with E-state index < -0.39 is 0 Å². The number of nitrogens with one attached hydrogen (secondary N) is 3. The normalized spacial score (nSPS) is 10.9. The van der Waals surface area contributed by atoms with Crippen LogP contribution in [0.25, 0.3) is 5.65 Å². The summed E-state index contributed by atoms with van der Waals surface area (Å²) in [5.41, 5.74) is 0.163. The molecule has 0 saturated carbocycles. The van der Waals surface area contributed by atoms with E-state index in [4.69, 9.17) is 4.74 Å². The zero-order chi connectivity index (χ0) is 12.8. The summed E-state index contributed by atoms with van der Waals surface area (Å²) in [5, 5.41) is 16.6. The van der Waals surface area contributed by atoms with Gasteiger partial charge in [-0.15, -0.1) is 5.10 Å². The maximum Gasteiger partial charge on any atom is 0.364 e. The van der Waals surface area contributed by atoms with Crippen molar-refractivity contribution in [1.29, 1.82) is 0 Å². The first-order chi connectivity index (χ1) is 8.81. The second kappa shape index (κ2) is 6.12. The minimum absolute atomic E-state index is 0.341. The fourth-order valence-electron chi connectivity index (χ4n) is 1.48. The van der Waals surface area contributed by atoms with E-state index in [0.717, 1.165) is 19.6 Å². The third-order valence-corrected chi connectivity index (χ3v) is 2.36. The zero-order valence-electron chi connectivity index (χ0n) is 10.1. The van der Waals surface area contributed by atoms with E-state index in [0.29, 0.717) is 18.1 Å². The maximum atomic E-state index is 11.3. The summed E-state index contributed by atoms with van der Waals surface area (Å²) in [6, 6.07) is 3.51. The first kappa shape index (κ1) is 12.5. The molecule has 2 aromatic heterocycles. The van der Waals surface area contributed by atoms with E-state index >= 15 is 0 Å². The Labute approximate surface area is 103 Å². The van der Waals surface area contributed by atoms with Gasteiger partial charge in [-0.3, -0.25) is 0 Å². The molecule has 2 aromatic rings. The van der Waals surface area contributed by atoms with Crippen LogP contribution in [-0.4, -0.2) is 53.2 Å². The fraction of sp³-hybridized carbons (Fsp3) is 0.500. The molecule has 2 rings (SSSR count). The van der Waals surface area contributed by atoms with Gasteiger partial charge in [-0.2, -0.15) is 9.61 Å². The van der Waals surface area contributed by atoms with Crippen molar-refractivity contribution in [3.05, 3.63) is 22.6 Å². The number of rotatable bonds is 7. The van der Waals surface area contributed by atoms with E-state index in [1.54, 1.807) is 19.2 Å². The second-order valence-electron chi connectivity index (χ2n) is 3.69. The van der Waals surface area contributed by atoms with Crippen LogP contribution in [0.4, 0.5) is 5.82 Å². The van der Waals surface area contributed by atoms with E-state index in [1.165, 1.54) is 4.52 Å². The lowest BCUT2D eigenvalue weighted by Gasteiger charge is -2.06. The summed E-state index contributed by atoms with van der Waals surface area (Å²) in [6.45, 7) is 3.01. The van der Waals surface area contributed by atoms with Gasteiger partial charge < -0.3 is 15.4 Å². The van der Waals surface area contributed by atoms with Crippen LogP contribution in [0.15, 0.2) is 16.9 Å². The highest BCUT2D eigenvalue weighted by molar-refractivity contribution is 5.42. The number of methoxy groups -OCH3 is 1. The second-order valence-corrected chi connectivity index (χ2v) is 3.69. The number of anilines is 1. The number of hydrogen-bond acceptors (Lipinski definition) is 6. The van der Waals surface area contributed by atoms with Crippen LogP contribution in [-0.2, 0) is 4.74 Å². The van der Waals surface area contributed by atoms with Gasteiger partial charge in [0.2, 0.25) is 0 Å². The van der Waals surface area contributed by atoms with Gasteiger partial charge in [-0.05, 0) is 12.1 Å². The number of aromatic amines is 1. The first-order valence-corrected chi connectivity index (χ1v) is 5.69. The van der Waals surface area contributed by atoms with Crippen molar-refractivity contribution < 1.29 is 4.74 Å². The molecule has 18 heavy (non-hydrogen) atoms. The lowest BCUT2D eigenvalue weighted by Crippen LogP contribution is -2.26. The molecule has 0 atom stereocenters. The molecule has 0 aliphatic carbocycles. The molecular weight excluding hydrogens is 236 g/mol. The molecule has 3 N–H and O–H groups in total. The molecular formula is C10H16N6O2. The highest BCUT2D eigenvalue weighted by atomic mass is 16.5. The van der Waals surface area contributed by atoms with Crippen molar-refractivity contribution in [3.63, 3.8) is 0 Å². The summed E-state index contributed by atoms with van der Waals surface area (Å²) >= 11 is 0. The van der Waals surface area contributed by atoms with Gasteiger partial charge in [0.05, 0.1) is 6.61 Å². The smallest absolute Gasteiger partial charge is 0.364 e. The highest BCUT2D eigenvalue weighted by Crippen LogP contribution is 2.01. The number of aromatic nitrogens is 4. The molecule has 0 unspecified atom stereocenters. The van der Waals surface area contributed by atoms with Gasteiger partial charge in [0, 0.05) is 26.7 Å². The molecule has 8 nitrogen and oxygen atoms in total. The number of fused-ring (bicyclic) bond motifs is 1. The topological polar surface area (TPSA) is 96.3 Å². The lowest BCUT2D eigenvalue weighted by atomic mass is 10.5. The quantitative estimate of drug-likeness (QED) is 0.551. The van der Waals surface area contributed by atoms with Crippen LogP contribution in [0.5, 0.6) is 0 Å². The third-order valence-electron chi connectivity index (χ3n) is 2.36. The molecule has 0 aliphatic heterocycles. The molecule has 8 heteroatoms. The predicted molar refractivity (Wildman–Crippen MR) is 66.8 cm³/mol. The summed E-state index contributed by atoms with van der Waals surface area (Å²) in [4.78, 5) is 11.3. The number of H-pyrrole nitrogens is 1. The van der Waals surface area contributed by atoms with Crippen LogP contribution >= 0.6 is 0 Å². The predicted octanol–water partition coefficient (Wildman–Crippen LogP) is -0.934. The summed E-state index contributed by atoms with van der Waals surface area (Å²) in [6.07, 6.45) is 0. The third kappa shape index (κ3) is 3.05. The summed E-state index contributed by atoms with van der Waals surface area (Å²) in [5.74, 6) is 0.638. The Balaban J connectivity index is 1.84. The average molecular weight is 252 g/mol. The Morgan fingerprint density at radius 2 is 2.28 bits per heavy atom. The lowest BCUT2D eigenvalue weighted by molar-refractivity contribution is 0.200. The van der Waals surface area contributed by atoms with Crippen molar-refractivity contribution >= 4 is 11.5 Å². The van der Waals surface area contributed by atoms with Gasteiger partial charge in [-0.1, -0.05) is 0 Å². The van der Waals surface area contributed by atoms with Gasteiger partial charge >= 0.3 is 5.69 Å². The molecule has 0 saturated heterocycles. The molecule has 0 spiro atoms. The van der Waals surface area contributed by atoms with E-state index in [2.05, 4.69) is 25.9 Å². The van der Waals surface area contributed by atoms with Crippen molar-refractivity contribution in [3.8, 4) is 0 Å². The Kier molecular flexibility index (Phi) is 4.26. The minimum atomic E-state index is -0.341. The van der Waals surface area contributed by atoms with Crippen molar-refractivity contribution in [2.24, 2.45) is 0 Å². The highest BCUT2D eigenvalue weighted by Gasteiger charge is 2.01. The number of hydrogen-bond donors (Lipinski definition) is 3. The number of nitrogens with zero attached hydrogens (tertiary/aromatic N) is 3. The van der Waals surface area contributed by atoms with E-state index in [1.807, 2.05) is 0 Å². The van der Waals surface area contributed by atoms with Gasteiger partial charge in [0.15, 0.2) is 5.65 Å². The van der Waals surface area contributed by atoms with Gasteiger partial charge in [0.25, 0.3) is 0 Å². The molecule has 98 valence electrons. The van der Waals surface area contributed by atoms with Crippen LogP contribution in [0, 0.1) is 0 Å². The summed E-state index contributed by atoms with van der Waals surface area (Å²) < 4.78 is 6.14. The van der Waals surface area contributed by atoms with E-state index in [-0.39, 0.29) is 5.69 Å². The number of ether oxygens (including phenoxy) is 1. The molecule has 0 bridgehead atoms. The Hall–Kier alpha value is -1.93. The minimum Gasteiger partial charge on any atom is -0.383 e. The van der Waals surface area contributed by atoms with Crippen molar-refractivity contribution in [2.75, 3.05) is 38.7 Å². The SMILES string of the molecule is COCCNCCNc1ccc2n[nH]c(=O)n2n1. The fourth-order valence-corrected chi connectivity index (χ4v) is 1.48. The van der Waals surface area contributed by atoms with Crippen LogP contribution in [0.3, 0.4) is 0 Å². The van der Waals surface area contributed by atoms with Crippen molar-refractivity contribution in [1.82, 2.24) is 25.1 Å². The van der Waals surface area contributed by atoms with Gasteiger partial charge in [-0.25, -0.2) is 9.89 Å². The molecule has 2 heterocycles. The van der Waals surface area contributed by atoms with E-state index in [9.17, 15) is 4.79 Å². The Morgan fingerprint density at radius 3 is 3.11 bits per heavy atom. The van der Waals surface area contributed by atoms with Crippen LogP contribution in [0.2, 0.25) is 0 Å². The zero-order valence-corrected chi connectivity index (χ0v) is 10.1. The monoisotopic (exact) mass is 252 g/mol. The van der Waals surface area contributed by atoms with Crippen LogP contribution in [0.1, 0.15) is 0 Å².